The molecule has 0 unspecified atom stereocenters. The fraction of sp³-hybridized carbons (Fsp3) is 0.353. The molecular weight excluding hydrogens is 276 g/mol. The topological polar surface area (TPSA) is 58.1 Å². The summed E-state index contributed by atoms with van der Waals surface area (Å²) in [4.78, 5) is 14.5. The number of hydrogen-bond donors (Lipinski definition) is 1. The molecule has 5 heteroatoms. The van der Waals surface area contributed by atoms with Crippen molar-refractivity contribution in [3.05, 3.63) is 54.2 Å². The number of benzene rings is 1. The van der Waals surface area contributed by atoms with Crippen molar-refractivity contribution >= 4 is 11.7 Å². The van der Waals surface area contributed by atoms with E-state index in [1.54, 1.807) is 6.20 Å². The van der Waals surface area contributed by atoms with Gasteiger partial charge in [-0.3, -0.25) is 4.79 Å². The Hall–Kier alpha value is -2.43. The van der Waals surface area contributed by atoms with Gasteiger partial charge in [-0.15, -0.1) is 5.10 Å². The molecule has 1 atom stereocenters. The lowest BCUT2D eigenvalue weighted by molar-refractivity contribution is -0.125. The van der Waals surface area contributed by atoms with Crippen molar-refractivity contribution in [1.82, 2.24) is 15.5 Å². The van der Waals surface area contributed by atoms with Gasteiger partial charge in [0, 0.05) is 25.8 Å². The number of amides is 1. The minimum Gasteiger partial charge on any atom is -0.354 e. The highest BCUT2D eigenvalue weighted by Crippen LogP contribution is 2.21. The van der Waals surface area contributed by atoms with Crippen LogP contribution in [-0.2, 0) is 11.3 Å². The summed E-state index contributed by atoms with van der Waals surface area (Å²) in [5.41, 5.74) is 1.12. The third-order valence-electron chi connectivity index (χ3n) is 3.98. The number of nitrogens with one attached hydrogen (secondary N) is 1. The Morgan fingerprint density at radius 3 is 2.86 bits per heavy atom. The third kappa shape index (κ3) is 3.61. The van der Waals surface area contributed by atoms with Gasteiger partial charge in [-0.05, 0) is 30.5 Å². The van der Waals surface area contributed by atoms with Crippen LogP contribution in [0.3, 0.4) is 0 Å². The van der Waals surface area contributed by atoms with E-state index in [1.165, 1.54) is 0 Å². The van der Waals surface area contributed by atoms with Gasteiger partial charge in [-0.25, -0.2) is 0 Å². The first-order valence-corrected chi connectivity index (χ1v) is 7.67. The highest BCUT2D eigenvalue weighted by Gasteiger charge is 2.26. The van der Waals surface area contributed by atoms with Crippen LogP contribution in [0.15, 0.2) is 48.7 Å². The van der Waals surface area contributed by atoms with Crippen LogP contribution in [0.25, 0.3) is 0 Å². The van der Waals surface area contributed by atoms with E-state index in [-0.39, 0.29) is 11.8 Å². The largest absolute Gasteiger partial charge is 0.354 e. The van der Waals surface area contributed by atoms with Gasteiger partial charge in [0.2, 0.25) is 5.91 Å². The van der Waals surface area contributed by atoms with E-state index >= 15 is 0 Å². The van der Waals surface area contributed by atoms with Crippen molar-refractivity contribution in [3.63, 3.8) is 0 Å². The Labute approximate surface area is 130 Å². The molecule has 1 aromatic carbocycles. The number of hydrogen-bond acceptors (Lipinski definition) is 4. The van der Waals surface area contributed by atoms with Crippen LogP contribution in [0.1, 0.15) is 18.4 Å². The van der Waals surface area contributed by atoms with Crippen molar-refractivity contribution in [2.45, 2.75) is 19.4 Å². The molecule has 1 saturated heterocycles. The first kappa shape index (κ1) is 14.5. The number of anilines is 1. The lowest BCUT2D eigenvalue weighted by Crippen LogP contribution is -2.43. The minimum atomic E-state index is 0.0134. The van der Waals surface area contributed by atoms with Crippen LogP contribution in [0, 0.1) is 5.92 Å². The Kier molecular flexibility index (Phi) is 4.63. The fourth-order valence-corrected chi connectivity index (χ4v) is 2.79. The van der Waals surface area contributed by atoms with Gasteiger partial charge in [0.15, 0.2) is 5.82 Å². The van der Waals surface area contributed by atoms with Crippen LogP contribution in [0.2, 0.25) is 0 Å². The number of nitrogens with zero attached hydrogens (tertiary/aromatic N) is 3. The lowest BCUT2D eigenvalue weighted by atomic mass is 9.97. The molecule has 5 nitrogen and oxygen atoms in total. The summed E-state index contributed by atoms with van der Waals surface area (Å²) in [5, 5.41) is 11.1. The van der Waals surface area contributed by atoms with Gasteiger partial charge in [0.05, 0.1) is 5.92 Å². The standard InChI is InChI=1S/C17H20N4O/c22-17(18-12-14-6-2-1-3-7-14)15-8-5-11-21(13-15)16-9-4-10-19-20-16/h1-4,6-7,9-10,15H,5,8,11-13H2,(H,18,22)/t15-/m0/s1. The van der Waals surface area contributed by atoms with Gasteiger partial charge in [0.1, 0.15) is 0 Å². The van der Waals surface area contributed by atoms with Crippen LogP contribution in [-0.4, -0.2) is 29.2 Å². The average Bonchev–Trinajstić information content (AvgIpc) is 2.61. The van der Waals surface area contributed by atoms with Crippen molar-refractivity contribution in [1.29, 1.82) is 0 Å². The molecule has 3 rings (SSSR count). The van der Waals surface area contributed by atoms with Gasteiger partial charge < -0.3 is 10.2 Å². The Balaban J connectivity index is 1.56. The zero-order chi connectivity index (χ0) is 15.2. The van der Waals surface area contributed by atoms with Crippen LogP contribution < -0.4 is 10.2 Å². The Morgan fingerprint density at radius 1 is 1.23 bits per heavy atom. The molecule has 1 aromatic heterocycles. The maximum absolute atomic E-state index is 12.4. The van der Waals surface area contributed by atoms with Crippen LogP contribution >= 0.6 is 0 Å². The van der Waals surface area contributed by atoms with Crippen molar-refractivity contribution in [2.24, 2.45) is 5.92 Å². The molecule has 0 saturated carbocycles. The van der Waals surface area contributed by atoms with E-state index < -0.39 is 0 Å². The normalized spacial score (nSPS) is 18.0. The number of piperidine rings is 1. The SMILES string of the molecule is O=C(NCc1ccccc1)[C@H]1CCCN(c2cccnn2)C1. The average molecular weight is 296 g/mol. The molecule has 1 aliphatic rings. The first-order valence-electron chi connectivity index (χ1n) is 7.67. The summed E-state index contributed by atoms with van der Waals surface area (Å²) in [7, 11) is 0. The van der Waals surface area contributed by atoms with Crippen molar-refractivity contribution in [3.8, 4) is 0 Å². The lowest BCUT2D eigenvalue weighted by Gasteiger charge is -2.32. The molecule has 1 aliphatic heterocycles. The fourth-order valence-electron chi connectivity index (χ4n) is 2.79. The molecule has 0 aliphatic carbocycles. The van der Waals surface area contributed by atoms with E-state index in [1.807, 2.05) is 42.5 Å². The van der Waals surface area contributed by atoms with Gasteiger partial charge in [-0.2, -0.15) is 5.10 Å². The Morgan fingerprint density at radius 2 is 2.09 bits per heavy atom. The molecule has 0 spiro atoms. The second-order valence-corrected chi connectivity index (χ2v) is 5.57. The molecule has 0 radical (unpaired) electrons. The Bertz CT molecular complexity index is 603. The highest BCUT2D eigenvalue weighted by atomic mass is 16.1. The molecule has 1 amide bonds. The molecule has 1 N–H and O–H groups in total. The molecule has 2 aromatic rings. The molecular formula is C17H20N4O. The van der Waals surface area contributed by atoms with Crippen molar-refractivity contribution < 1.29 is 4.79 Å². The number of carbonyl (C=O) groups excluding carboxylic acids is 1. The van der Waals surface area contributed by atoms with E-state index in [0.29, 0.717) is 13.1 Å². The zero-order valence-electron chi connectivity index (χ0n) is 12.5. The number of aromatic nitrogens is 2. The number of carbonyl (C=O) groups is 1. The van der Waals surface area contributed by atoms with Crippen LogP contribution in [0.4, 0.5) is 5.82 Å². The minimum absolute atomic E-state index is 0.0134. The second kappa shape index (κ2) is 7.02. The number of rotatable bonds is 4. The smallest absolute Gasteiger partial charge is 0.225 e. The molecule has 0 bridgehead atoms. The van der Waals surface area contributed by atoms with Gasteiger partial charge in [-0.1, -0.05) is 30.3 Å². The van der Waals surface area contributed by atoms with Gasteiger partial charge >= 0.3 is 0 Å². The molecule has 2 heterocycles. The highest BCUT2D eigenvalue weighted by molar-refractivity contribution is 5.79. The molecule has 1 fully saturated rings. The maximum Gasteiger partial charge on any atom is 0.225 e. The van der Waals surface area contributed by atoms with E-state index in [4.69, 9.17) is 0 Å². The molecule has 114 valence electrons. The molecule has 22 heavy (non-hydrogen) atoms. The summed E-state index contributed by atoms with van der Waals surface area (Å²) in [6.07, 6.45) is 3.59. The van der Waals surface area contributed by atoms with Crippen LogP contribution in [0.5, 0.6) is 0 Å². The van der Waals surface area contributed by atoms with E-state index in [9.17, 15) is 4.79 Å². The third-order valence-corrected chi connectivity index (χ3v) is 3.98. The van der Waals surface area contributed by atoms with Crippen molar-refractivity contribution in [2.75, 3.05) is 18.0 Å². The zero-order valence-corrected chi connectivity index (χ0v) is 12.5. The quantitative estimate of drug-likeness (QED) is 0.937. The summed E-state index contributed by atoms with van der Waals surface area (Å²) in [5.74, 6) is 0.986. The summed E-state index contributed by atoms with van der Waals surface area (Å²) >= 11 is 0. The summed E-state index contributed by atoms with van der Waals surface area (Å²) < 4.78 is 0. The second-order valence-electron chi connectivity index (χ2n) is 5.57. The first-order chi connectivity index (χ1) is 10.8. The summed E-state index contributed by atoms with van der Waals surface area (Å²) in [6.45, 7) is 2.22. The van der Waals surface area contributed by atoms with Gasteiger partial charge in [0.25, 0.3) is 0 Å². The monoisotopic (exact) mass is 296 g/mol. The maximum atomic E-state index is 12.4. The summed E-state index contributed by atoms with van der Waals surface area (Å²) in [6, 6.07) is 13.8. The van der Waals surface area contributed by atoms with E-state index in [2.05, 4.69) is 20.4 Å². The predicted octanol–water partition coefficient (Wildman–Crippen LogP) is 2.01. The van der Waals surface area contributed by atoms with E-state index in [0.717, 1.165) is 30.8 Å². The predicted molar refractivity (Wildman–Crippen MR) is 85.3 cm³/mol.